The number of hydrogen-bond donors (Lipinski definition) is 2. The predicted octanol–water partition coefficient (Wildman–Crippen LogP) is 0.658. The van der Waals surface area contributed by atoms with Crippen molar-refractivity contribution in [1.29, 1.82) is 0 Å². The fourth-order valence-corrected chi connectivity index (χ4v) is 4.58. The number of primary sulfonamides is 1. The van der Waals surface area contributed by atoms with Gasteiger partial charge < -0.3 is 0 Å². The highest BCUT2D eigenvalue weighted by atomic mass is 32.2. The van der Waals surface area contributed by atoms with Crippen LogP contribution < -0.4 is 9.86 Å². The van der Waals surface area contributed by atoms with Crippen molar-refractivity contribution in [2.45, 2.75) is 30.1 Å². The number of benzene rings is 1. The summed E-state index contributed by atoms with van der Waals surface area (Å²) in [6.07, 6.45) is 0.951. The van der Waals surface area contributed by atoms with E-state index in [9.17, 15) is 16.8 Å². The third-order valence-corrected chi connectivity index (χ3v) is 6.26. The molecule has 0 aromatic heterocycles. The molecule has 0 saturated heterocycles. The molecule has 6 nitrogen and oxygen atoms in total. The minimum Gasteiger partial charge on any atom is -0.225 e. The summed E-state index contributed by atoms with van der Waals surface area (Å²) in [4.78, 5) is -0.691. The van der Waals surface area contributed by atoms with Crippen molar-refractivity contribution < 1.29 is 16.8 Å². The highest BCUT2D eigenvalue weighted by Crippen LogP contribution is 2.51. The Balaban J connectivity index is 2.27. The lowest BCUT2D eigenvalue weighted by molar-refractivity contribution is 0.536. The lowest BCUT2D eigenvalue weighted by Crippen LogP contribution is -2.29. The smallest absolute Gasteiger partial charge is 0.225 e. The van der Waals surface area contributed by atoms with Crippen LogP contribution in [0.5, 0.6) is 0 Å². The summed E-state index contributed by atoms with van der Waals surface area (Å²) >= 11 is 0. The van der Waals surface area contributed by atoms with Crippen LogP contribution in [-0.2, 0) is 20.0 Å². The van der Waals surface area contributed by atoms with Crippen LogP contribution in [0.25, 0.3) is 0 Å². The van der Waals surface area contributed by atoms with E-state index in [-0.39, 0.29) is 21.1 Å². The molecule has 0 aliphatic heterocycles. The van der Waals surface area contributed by atoms with E-state index in [1.54, 1.807) is 0 Å². The first kappa shape index (κ1) is 15.4. The van der Waals surface area contributed by atoms with Crippen molar-refractivity contribution >= 4 is 20.0 Å². The zero-order valence-corrected chi connectivity index (χ0v) is 13.0. The van der Waals surface area contributed by atoms with E-state index in [0.29, 0.717) is 6.54 Å². The Hall–Kier alpha value is -0.960. The van der Waals surface area contributed by atoms with Gasteiger partial charge in [0.15, 0.2) is 0 Å². The highest BCUT2D eigenvalue weighted by Gasteiger charge is 2.45. The topological polar surface area (TPSA) is 106 Å². The molecule has 0 heterocycles. The number of nitrogens with two attached hydrogens (primary N) is 1. The maximum Gasteiger partial charge on any atom is 0.241 e. The molecule has 0 radical (unpaired) electrons. The summed E-state index contributed by atoms with van der Waals surface area (Å²) in [6, 6.07) is 5.32. The van der Waals surface area contributed by atoms with Gasteiger partial charge in [-0.1, -0.05) is 26.0 Å². The Labute approximate surface area is 119 Å². The van der Waals surface area contributed by atoms with Gasteiger partial charge in [0.1, 0.15) is 9.79 Å². The Morgan fingerprint density at radius 2 is 1.70 bits per heavy atom. The van der Waals surface area contributed by atoms with Gasteiger partial charge in [-0.3, -0.25) is 0 Å². The van der Waals surface area contributed by atoms with Crippen LogP contribution in [0.15, 0.2) is 34.1 Å². The summed E-state index contributed by atoms with van der Waals surface area (Å²) in [5.41, 5.74) is 0.141. The monoisotopic (exact) mass is 318 g/mol. The lowest BCUT2D eigenvalue weighted by Gasteiger charge is -2.10. The average molecular weight is 318 g/mol. The standard InChI is InChI=1S/C12H18N2O4S2/c1-12(2)7-9(12)8-14-20(17,18)11-6-4-3-5-10(11)19(13,15)16/h3-6,9,14H,7-8H2,1-2H3,(H2,13,15,16). The van der Waals surface area contributed by atoms with Crippen molar-refractivity contribution in [3.63, 3.8) is 0 Å². The molecule has 1 saturated carbocycles. The lowest BCUT2D eigenvalue weighted by atomic mass is 10.1. The van der Waals surface area contributed by atoms with Crippen LogP contribution in [-0.4, -0.2) is 23.4 Å². The third kappa shape index (κ3) is 3.20. The molecule has 1 aromatic carbocycles. The van der Waals surface area contributed by atoms with Gasteiger partial charge in [-0.15, -0.1) is 0 Å². The fourth-order valence-electron chi connectivity index (χ4n) is 2.12. The normalized spacial score (nSPS) is 21.6. The maximum atomic E-state index is 12.2. The maximum absolute atomic E-state index is 12.2. The van der Waals surface area contributed by atoms with Gasteiger partial charge >= 0.3 is 0 Å². The van der Waals surface area contributed by atoms with Crippen LogP contribution in [0.2, 0.25) is 0 Å². The van der Waals surface area contributed by atoms with Crippen molar-refractivity contribution in [3.05, 3.63) is 24.3 Å². The van der Waals surface area contributed by atoms with Crippen LogP contribution in [0, 0.1) is 11.3 Å². The zero-order chi connectivity index (χ0) is 15.2. The van der Waals surface area contributed by atoms with Crippen molar-refractivity contribution in [1.82, 2.24) is 4.72 Å². The van der Waals surface area contributed by atoms with Gasteiger partial charge in [-0.25, -0.2) is 26.7 Å². The summed E-state index contributed by atoms with van der Waals surface area (Å²) in [5, 5.41) is 5.05. The molecule has 1 aromatic rings. The van der Waals surface area contributed by atoms with Crippen molar-refractivity contribution in [2.75, 3.05) is 6.54 Å². The predicted molar refractivity (Wildman–Crippen MR) is 74.9 cm³/mol. The second-order valence-corrected chi connectivity index (χ2v) is 9.00. The summed E-state index contributed by atoms with van der Waals surface area (Å²) in [7, 11) is -7.97. The quantitative estimate of drug-likeness (QED) is 0.831. The van der Waals surface area contributed by atoms with Gasteiger partial charge in [0.2, 0.25) is 20.0 Å². The number of nitrogens with one attached hydrogen (secondary N) is 1. The molecule has 2 rings (SSSR count). The fraction of sp³-hybridized carbons (Fsp3) is 0.500. The molecule has 1 unspecified atom stereocenters. The zero-order valence-electron chi connectivity index (χ0n) is 11.3. The minimum absolute atomic E-state index is 0.141. The van der Waals surface area contributed by atoms with Gasteiger partial charge in [0, 0.05) is 6.54 Å². The Kier molecular flexibility index (Phi) is 3.70. The number of rotatable bonds is 5. The Bertz CT molecular complexity index is 724. The van der Waals surface area contributed by atoms with Gasteiger partial charge in [-0.2, -0.15) is 0 Å². The van der Waals surface area contributed by atoms with Gasteiger partial charge in [0.25, 0.3) is 0 Å². The van der Waals surface area contributed by atoms with E-state index >= 15 is 0 Å². The molecule has 1 aliphatic carbocycles. The molecule has 20 heavy (non-hydrogen) atoms. The third-order valence-electron chi connectivity index (χ3n) is 3.68. The average Bonchev–Trinajstić information content (AvgIpc) is 2.94. The van der Waals surface area contributed by atoms with E-state index in [4.69, 9.17) is 5.14 Å². The summed E-state index contributed by atoms with van der Waals surface area (Å²) in [6.45, 7) is 4.42. The molecule has 3 N–H and O–H groups in total. The molecule has 112 valence electrons. The number of sulfonamides is 2. The van der Waals surface area contributed by atoms with Gasteiger partial charge in [-0.05, 0) is 29.9 Å². The van der Waals surface area contributed by atoms with Crippen molar-refractivity contribution in [2.24, 2.45) is 16.5 Å². The van der Waals surface area contributed by atoms with E-state index in [0.717, 1.165) is 6.42 Å². The van der Waals surface area contributed by atoms with E-state index in [2.05, 4.69) is 18.6 Å². The summed E-state index contributed by atoms with van der Waals surface area (Å²) < 4.78 is 49.8. The highest BCUT2D eigenvalue weighted by molar-refractivity contribution is 7.92. The molecular weight excluding hydrogens is 300 g/mol. The van der Waals surface area contributed by atoms with Crippen LogP contribution in [0.3, 0.4) is 0 Å². The molecule has 0 bridgehead atoms. The van der Waals surface area contributed by atoms with Crippen LogP contribution in [0.1, 0.15) is 20.3 Å². The largest absolute Gasteiger partial charge is 0.241 e. The molecule has 8 heteroatoms. The molecular formula is C12H18N2O4S2. The number of hydrogen-bond acceptors (Lipinski definition) is 4. The van der Waals surface area contributed by atoms with E-state index in [1.165, 1.54) is 24.3 Å². The summed E-state index contributed by atoms with van der Waals surface area (Å²) in [5.74, 6) is 0.277. The molecule has 1 fully saturated rings. The van der Waals surface area contributed by atoms with Gasteiger partial charge in [0.05, 0.1) is 0 Å². The Morgan fingerprint density at radius 3 is 2.15 bits per heavy atom. The van der Waals surface area contributed by atoms with E-state index < -0.39 is 20.0 Å². The molecule has 1 atom stereocenters. The first-order valence-electron chi connectivity index (χ1n) is 6.15. The first-order chi connectivity index (χ1) is 9.04. The SMILES string of the molecule is CC1(C)CC1CNS(=O)(=O)c1ccccc1S(N)(=O)=O. The first-order valence-corrected chi connectivity index (χ1v) is 9.18. The van der Waals surface area contributed by atoms with Crippen LogP contribution in [0.4, 0.5) is 0 Å². The molecule has 1 aliphatic rings. The Morgan fingerprint density at radius 1 is 1.20 bits per heavy atom. The minimum atomic E-state index is -4.08. The van der Waals surface area contributed by atoms with Crippen molar-refractivity contribution in [3.8, 4) is 0 Å². The van der Waals surface area contributed by atoms with Crippen LogP contribution >= 0.6 is 0 Å². The van der Waals surface area contributed by atoms with E-state index in [1.807, 2.05) is 0 Å². The second kappa shape index (κ2) is 4.80. The molecule has 0 spiro atoms. The molecule has 0 amide bonds. The second-order valence-electron chi connectivity index (χ2n) is 5.73.